The monoisotopic (exact) mass is 516 g/mol. The average Bonchev–Trinajstić information content (AvgIpc) is 3.02. The lowest BCUT2D eigenvalue weighted by Gasteiger charge is -2.24. The molecule has 2 heterocycles. The first kappa shape index (κ1) is 19.8. The van der Waals surface area contributed by atoms with Crippen LogP contribution in [0.2, 0.25) is 0 Å². The molecule has 7 heteroatoms. The van der Waals surface area contributed by atoms with E-state index in [9.17, 15) is 9.59 Å². The summed E-state index contributed by atoms with van der Waals surface area (Å²) in [5.41, 5.74) is 2.56. The highest BCUT2D eigenvalue weighted by molar-refractivity contribution is 14.1. The summed E-state index contributed by atoms with van der Waals surface area (Å²) in [7, 11) is 1.34. The Labute approximate surface area is 184 Å². The molecule has 2 aromatic carbocycles. The van der Waals surface area contributed by atoms with Gasteiger partial charge >= 0.3 is 5.97 Å². The molecule has 0 unspecified atom stereocenters. The Morgan fingerprint density at radius 2 is 1.97 bits per heavy atom. The van der Waals surface area contributed by atoms with E-state index in [4.69, 9.17) is 4.74 Å². The SMILES string of the molecule is COC(=O)C1=C(C)N=c2sc(=Cc3cccc(I)c3)c(=O)n2[C@H]1c1ccccc1. The van der Waals surface area contributed by atoms with Gasteiger partial charge in [0, 0.05) is 3.57 Å². The van der Waals surface area contributed by atoms with Crippen LogP contribution in [0.25, 0.3) is 6.08 Å². The van der Waals surface area contributed by atoms with Crippen molar-refractivity contribution in [3.05, 3.63) is 100 Å². The van der Waals surface area contributed by atoms with E-state index in [1.807, 2.05) is 60.7 Å². The molecule has 0 bridgehead atoms. The first-order chi connectivity index (χ1) is 14.0. The first-order valence-corrected chi connectivity index (χ1v) is 10.8. The Hall–Kier alpha value is -2.52. The molecule has 0 N–H and O–H groups in total. The van der Waals surface area contributed by atoms with E-state index in [1.54, 1.807) is 11.5 Å². The van der Waals surface area contributed by atoms with E-state index in [0.717, 1.165) is 14.7 Å². The molecule has 0 saturated heterocycles. The second-order valence-electron chi connectivity index (χ2n) is 6.54. The van der Waals surface area contributed by atoms with Crippen LogP contribution in [0.15, 0.2) is 75.7 Å². The summed E-state index contributed by atoms with van der Waals surface area (Å²) in [6.07, 6.45) is 1.87. The number of methoxy groups -OCH3 is 1. The molecule has 1 aliphatic rings. The van der Waals surface area contributed by atoms with Crippen LogP contribution in [-0.2, 0) is 9.53 Å². The second-order valence-corrected chi connectivity index (χ2v) is 8.79. The molecule has 4 rings (SSSR count). The number of esters is 1. The molecule has 0 fully saturated rings. The topological polar surface area (TPSA) is 60.7 Å². The fourth-order valence-electron chi connectivity index (χ4n) is 3.39. The predicted octanol–water partition coefficient (Wildman–Crippen LogP) is 3.01. The van der Waals surface area contributed by atoms with Gasteiger partial charge < -0.3 is 4.74 Å². The predicted molar refractivity (Wildman–Crippen MR) is 121 cm³/mol. The molecule has 0 spiro atoms. The van der Waals surface area contributed by atoms with Gasteiger partial charge in [-0.15, -0.1) is 0 Å². The van der Waals surface area contributed by atoms with Crippen molar-refractivity contribution in [2.45, 2.75) is 13.0 Å². The first-order valence-electron chi connectivity index (χ1n) is 8.91. The normalized spacial score (nSPS) is 16.4. The van der Waals surface area contributed by atoms with Crippen LogP contribution in [0.4, 0.5) is 0 Å². The summed E-state index contributed by atoms with van der Waals surface area (Å²) in [6.45, 7) is 1.78. The zero-order chi connectivity index (χ0) is 20.5. The maximum atomic E-state index is 13.4. The summed E-state index contributed by atoms with van der Waals surface area (Å²) >= 11 is 3.57. The van der Waals surface area contributed by atoms with Crippen LogP contribution < -0.4 is 14.9 Å². The molecule has 1 aromatic heterocycles. The Bertz CT molecular complexity index is 1310. The van der Waals surface area contributed by atoms with Gasteiger partial charge in [0.2, 0.25) is 0 Å². The maximum absolute atomic E-state index is 13.4. The van der Waals surface area contributed by atoms with Gasteiger partial charge in [0.05, 0.1) is 29.0 Å². The van der Waals surface area contributed by atoms with Crippen LogP contribution in [0.5, 0.6) is 0 Å². The summed E-state index contributed by atoms with van der Waals surface area (Å²) < 4.78 is 8.27. The number of carbonyl (C=O) groups excluding carboxylic acids is 1. The number of hydrogen-bond donors (Lipinski definition) is 0. The number of aromatic nitrogens is 1. The summed E-state index contributed by atoms with van der Waals surface area (Å²) in [6, 6.07) is 16.8. The molecule has 5 nitrogen and oxygen atoms in total. The molecular weight excluding hydrogens is 499 g/mol. The third kappa shape index (κ3) is 3.72. The number of halogens is 1. The fraction of sp³-hybridized carbons (Fsp3) is 0.136. The number of hydrogen-bond acceptors (Lipinski definition) is 5. The van der Waals surface area contributed by atoms with Crippen molar-refractivity contribution in [2.75, 3.05) is 7.11 Å². The minimum atomic E-state index is -0.571. The van der Waals surface area contributed by atoms with E-state index in [1.165, 1.54) is 18.4 Å². The van der Waals surface area contributed by atoms with Crippen LogP contribution in [0, 0.1) is 3.57 Å². The van der Waals surface area contributed by atoms with Crippen molar-refractivity contribution in [3.8, 4) is 0 Å². The van der Waals surface area contributed by atoms with Gasteiger partial charge in [0.1, 0.15) is 0 Å². The van der Waals surface area contributed by atoms with Gasteiger partial charge in [0.25, 0.3) is 5.56 Å². The summed E-state index contributed by atoms with van der Waals surface area (Å²) in [4.78, 5) is 31.0. The molecule has 146 valence electrons. The van der Waals surface area contributed by atoms with Crippen molar-refractivity contribution in [3.63, 3.8) is 0 Å². The highest BCUT2D eigenvalue weighted by Gasteiger charge is 2.32. The zero-order valence-corrected chi connectivity index (χ0v) is 18.7. The zero-order valence-electron chi connectivity index (χ0n) is 15.8. The number of nitrogens with zero attached hydrogens (tertiary/aromatic N) is 2. The van der Waals surface area contributed by atoms with Crippen molar-refractivity contribution in [1.29, 1.82) is 0 Å². The number of fused-ring (bicyclic) bond motifs is 1. The highest BCUT2D eigenvalue weighted by Crippen LogP contribution is 2.30. The standard InChI is InChI=1S/C22H17IN2O3S/c1-13-18(21(27)28-2)19(15-8-4-3-5-9-15)25-20(26)17(29-22(25)24-13)12-14-7-6-10-16(23)11-14/h3-12,19H,1-2H3/t19-/m0/s1. The van der Waals surface area contributed by atoms with Crippen molar-refractivity contribution in [1.82, 2.24) is 4.57 Å². The van der Waals surface area contributed by atoms with Crippen LogP contribution in [0.1, 0.15) is 24.1 Å². The van der Waals surface area contributed by atoms with Gasteiger partial charge in [-0.05, 0) is 58.9 Å². The van der Waals surface area contributed by atoms with Crippen LogP contribution >= 0.6 is 33.9 Å². The summed E-state index contributed by atoms with van der Waals surface area (Å²) in [5.74, 6) is -0.480. The molecule has 0 radical (unpaired) electrons. The van der Waals surface area contributed by atoms with E-state index in [2.05, 4.69) is 27.6 Å². The molecule has 1 atom stereocenters. The molecule has 0 amide bonds. The molecule has 1 aliphatic heterocycles. The largest absolute Gasteiger partial charge is 0.466 e. The van der Waals surface area contributed by atoms with Crippen LogP contribution in [-0.4, -0.2) is 17.6 Å². The summed E-state index contributed by atoms with van der Waals surface area (Å²) in [5, 5.41) is 0. The number of benzene rings is 2. The van der Waals surface area contributed by atoms with Gasteiger partial charge in [-0.25, -0.2) is 9.79 Å². The minimum Gasteiger partial charge on any atom is -0.466 e. The molecule has 0 saturated carbocycles. The Kier molecular flexibility index (Phi) is 5.51. The smallest absolute Gasteiger partial charge is 0.338 e. The second kappa shape index (κ2) is 8.08. The van der Waals surface area contributed by atoms with Crippen molar-refractivity contribution in [2.24, 2.45) is 4.99 Å². The van der Waals surface area contributed by atoms with E-state index < -0.39 is 12.0 Å². The van der Waals surface area contributed by atoms with E-state index >= 15 is 0 Å². The van der Waals surface area contributed by atoms with E-state index in [0.29, 0.717) is 20.6 Å². The minimum absolute atomic E-state index is 0.171. The molecule has 29 heavy (non-hydrogen) atoms. The maximum Gasteiger partial charge on any atom is 0.338 e. The number of carbonyl (C=O) groups is 1. The van der Waals surface area contributed by atoms with Gasteiger partial charge in [-0.3, -0.25) is 9.36 Å². The third-order valence-corrected chi connectivity index (χ3v) is 6.34. The number of thiazole rings is 1. The fourth-order valence-corrected chi connectivity index (χ4v) is 5.00. The van der Waals surface area contributed by atoms with Gasteiger partial charge in [0.15, 0.2) is 4.80 Å². The molecule has 0 aliphatic carbocycles. The Morgan fingerprint density at radius 1 is 1.21 bits per heavy atom. The number of allylic oxidation sites excluding steroid dienone is 1. The van der Waals surface area contributed by atoms with Gasteiger partial charge in [-0.1, -0.05) is 53.8 Å². The Balaban J connectivity index is 1.98. The lowest BCUT2D eigenvalue weighted by molar-refractivity contribution is -0.136. The van der Waals surface area contributed by atoms with E-state index in [-0.39, 0.29) is 5.56 Å². The third-order valence-electron chi connectivity index (χ3n) is 4.69. The number of rotatable bonds is 3. The Morgan fingerprint density at radius 3 is 2.66 bits per heavy atom. The van der Waals surface area contributed by atoms with Gasteiger partial charge in [-0.2, -0.15) is 0 Å². The lowest BCUT2D eigenvalue weighted by atomic mass is 9.96. The quantitative estimate of drug-likeness (QED) is 0.398. The average molecular weight is 516 g/mol. The van der Waals surface area contributed by atoms with Crippen LogP contribution in [0.3, 0.4) is 0 Å². The highest BCUT2D eigenvalue weighted by atomic mass is 127. The molecular formula is C22H17IN2O3S. The van der Waals surface area contributed by atoms with Crippen molar-refractivity contribution >= 4 is 46.0 Å². The number of ether oxygens (including phenoxy) is 1. The molecule has 3 aromatic rings. The lowest BCUT2D eigenvalue weighted by Crippen LogP contribution is -2.39. The van der Waals surface area contributed by atoms with Crippen molar-refractivity contribution < 1.29 is 9.53 Å².